The molecule has 1 aromatic carbocycles. The zero-order valence-corrected chi connectivity index (χ0v) is 12.6. The molecule has 0 spiro atoms. The maximum Gasteiger partial charge on any atom is 0.165 e. The molecule has 108 valence electrons. The van der Waals surface area contributed by atoms with E-state index in [1.54, 1.807) is 0 Å². The minimum atomic E-state index is -0.732. The van der Waals surface area contributed by atoms with Crippen molar-refractivity contribution < 1.29 is 9.90 Å². The smallest absolute Gasteiger partial charge is 0.165 e. The Morgan fingerprint density at radius 3 is 2.75 bits per heavy atom. The molecule has 2 aliphatic rings. The molecule has 0 unspecified atom stereocenters. The summed E-state index contributed by atoms with van der Waals surface area (Å²) < 4.78 is 0. The molecule has 0 aromatic heterocycles. The maximum absolute atomic E-state index is 12.3. The summed E-state index contributed by atoms with van der Waals surface area (Å²) in [5.74, 6) is 0.613. The molecule has 0 heterocycles. The summed E-state index contributed by atoms with van der Waals surface area (Å²) in [5.41, 5.74) is 4.07. The first-order valence-electron chi connectivity index (χ1n) is 7.78. The number of aryl methyl sites for hydroxylation is 1. The van der Waals surface area contributed by atoms with Gasteiger partial charge in [-0.05, 0) is 48.3 Å². The monoisotopic (exact) mass is 272 g/mol. The molecule has 20 heavy (non-hydrogen) atoms. The third-order valence-electron chi connectivity index (χ3n) is 5.49. The van der Waals surface area contributed by atoms with Crippen molar-refractivity contribution in [1.29, 1.82) is 0 Å². The van der Waals surface area contributed by atoms with Crippen molar-refractivity contribution in [1.82, 2.24) is 0 Å². The molecule has 3 rings (SSSR count). The van der Waals surface area contributed by atoms with Gasteiger partial charge >= 0.3 is 0 Å². The minimum absolute atomic E-state index is 0.00338. The van der Waals surface area contributed by atoms with E-state index < -0.39 is 6.10 Å². The van der Waals surface area contributed by atoms with Gasteiger partial charge in [0.15, 0.2) is 5.78 Å². The standard InChI is InChI=1S/C18H24O2/c1-11(2)12-4-6-14-13(10-12)5-7-15-17(20)16(19)8-9-18(14,15)3/h4,6,10-11,15-16,19H,5,7-9H2,1-3H3/t15-,16-,18+/m0/s1. The minimum Gasteiger partial charge on any atom is -0.385 e. The van der Waals surface area contributed by atoms with Gasteiger partial charge in [0.1, 0.15) is 6.10 Å². The SMILES string of the molecule is CC(C)c1ccc2c(c1)CC[C@H]1C(=O)[C@@H](O)CC[C@]21C. The molecule has 0 amide bonds. The van der Waals surface area contributed by atoms with Gasteiger partial charge < -0.3 is 5.11 Å². The predicted molar refractivity (Wildman–Crippen MR) is 79.9 cm³/mol. The van der Waals surface area contributed by atoms with Crippen molar-refractivity contribution in [3.8, 4) is 0 Å². The van der Waals surface area contributed by atoms with Gasteiger partial charge in [0.2, 0.25) is 0 Å². The lowest BCUT2D eigenvalue weighted by Crippen LogP contribution is -2.49. The van der Waals surface area contributed by atoms with Crippen LogP contribution in [0.2, 0.25) is 0 Å². The first kappa shape index (κ1) is 13.8. The van der Waals surface area contributed by atoms with Crippen molar-refractivity contribution >= 4 is 5.78 Å². The number of rotatable bonds is 1. The Labute approximate surface area is 121 Å². The third kappa shape index (κ3) is 1.93. The third-order valence-corrected chi connectivity index (χ3v) is 5.49. The highest BCUT2D eigenvalue weighted by Gasteiger charge is 2.48. The number of Topliss-reactive ketones (excluding diaryl/α,β-unsaturated/α-hetero) is 1. The maximum atomic E-state index is 12.3. The molecule has 0 saturated heterocycles. The summed E-state index contributed by atoms with van der Waals surface area (Å²) in [4.78, 5) is 12.3. The molecule has 1 aromatic rings. The van der Waals surface area contributed by atoms with Gasteiger partial charge in [-0.2, -0.15) is 0 Å². The molecule has 1 N–H and O–H groups in total. The van der Waals surface area contributed by atoms with Gasteiger partial charge in [0, 0.05) is 11.3 Å². The van der Waals surface area contributed by atoms with E-state index >= 15 is 0 Å². The Morgan fingerprint density at radius 1 is 1.30 bits per heavy atom. The van der Waals surface area contributed by atoms with Crippen LogP contribution in [0.15, 0.2) is 18.2 Å². The van der Waals surface area contributed by atoms with Crippen LogP contribution < -0.4 is 0 Å². The summed E-state index contributed by atoms with van der Waals surface area (Å²) in [6, 6.07) is 6.78. The molecule has 0 bridgehead atoms. The molecular formula is C18H24O2. The highest BCUT2D eigenvalue weighted by molar-refractivity contribution is 5.88. The van der Waals surface area contributed by atoms with E-state index in [0.717, 1.165) is 19.3 Å². The lowest BCUT2D eigenvalue weighted by atomic mass is 9.57. The summed E-state index contributed by atoms with van der Waals surface area (Å²) in [6.45, 7) is 6.65. The van der Waals surface area contributed by atoms with E-state index in [4.69, 9.17) is 0 Å². The van der Waals surface area contributed by atoms with Crippen LogP contribution in [0.3, 0.4) is 0 Å². The van der Waals surface area contributed by atoms with Crippen LogP contribution in [0.1, 0.15) is 62.6 Å². The number of fused-ring (bicyclic) bond motifs is 3. The first-order chi connectivity index (χ1) is 9.43. The van der Waals surface area contributed by atoms with Crippen LogP contribution >= 0.6 is 0 Å². The number of carbonyl (C=O) groups excluding carboxylic acids is 1. The Balaban J connectivity index is 2.05. The normalized spacial score (nSPS) is 33.0. The van der Waals surface area contributed by atoms with E-state index in [0.29, 0.717) is 12.3 Å². The Morgan fingerprint density at radius 2 is 2.05 bits per heavy atom. The molecule has 3 atom stereocenters. The van der Waals surface area contributed by atoms with Crippen LogP contribution in [0.4, 0.5) is 0 Å². The summed E-state index contributed by atoms with van der Waals surface area (Å²) in [6.07, 6.45) is 2.65. The average molecular weight is 272 g/mol. The van der Waals surface area contributed by atoms with Crippen molar-refractivity contribution in [2.24, 2.45) is 5.92 Å². The number of hydrogen-bond acceptors (Lipinski definition) is 2. The number of aliphatic hydroxyl groups excluding tert-OH is 1. The second-order valence-electron chi connectivity index (χ2n) is 7.04. The highest BCUT2D eigenvalue weighted by atomic mass is 16.3. The van der Waals surface area contributed by atoms with Crippen molar-refractivity contribution in [3.63, 3.8) is 0 Å². The van der Waals surface area contributed by atoms with Gasteiger partial charge in [0.05, 0.1) is 0 Å². The van der Waals surface area contributed by atoms with E-state index in [2.05, 4.69) is 39.0 Å². The quantitative estimate of drug-likeness (QED) is 0.851. The van der Waals surface area contributed by atoms with Crippen LogP contribution in [0.25, 0.3) is 0 Å². The number of ketones is 1. The molecular weight excluding hydrogens is 248 g/mol. The summed E-state index contributed by atoms with van der Waals surface area (Å²) >= 11 is 0. The lowest BCUT2D eigenvalue weighted by molar-refractivity contribution is -0.138. The van der Waals surface area contributed by atoms with Crippen LogP contribution in [-0.2, 0) is 16.6 Å². The van der Waals surface area contributed by atoms with E-state index in [1.807, 2.05) is 0 Å². The zero-order valence-electron chi connectivity index (χ0n) is 12.6. The first-order valence-corrected chi connectivity index (χ1v) is 7.78. The molecule has 2 nitrogen and oxygen atoms in total. The Bertz CT molecular complexity index is 546. The fourth-order valence-corrected chi connectivity index (χ4v) is 4.12. The number of benzene rings is 1. The molecule has 0 radical (unpaired) electrons. The largest absolute Gasteiger partial charge is 0.385 e. The summed E-state index contributed by atoms with van der Waals surface area (Å²) in [5, 5.41) is 9.85. The van der Waals surface area contributed by atoms with E-state index in [1.165, 1.54) is 16.7 Å². The van der Waals surface area contributed by atoms with Gasteiger partial charge in [0.25, 0.3) is 0 Å². The second kappa shape index (κ2) is 4.70. The van der Waals surface area contributed by atoms with Crippen LogP contribution in [0, 0.1) is 5.92 Å². The van der Waals surface area contributed by atoms with Gasteiger partial charge in [-0.3, -0.25) is 4.79 Å². The molecule has 0 aliphatic heterocycles. The fraction of sp³-hybridized carbons (Fsp3) is 0.611. The van der Waals surface area contributed by atoms with Gasteiger partial charge in [-0.15, -0.1) is 0 Å². The number of hydrogen-bond donors (Lipinski definition) is 1. The number of carbonyl (C=O) groups is 1. The fourth-order valence-electron chi connectivity index (χ4n) is 4.12. The zero-order chi connectivity index (χ0) is 14.5. The van der Waals surface area contributed by atoms with Crippen molar-refractivity contribution in [2.75, 3.05) is 0 Å². The van der Waals surface area contributed by atoms with Gasteiger partial charge in [-0.1, -0.05) is 39.0 Å². The van der Waals surface area contributed by atoms with Crippen molar-refractivity contribution in [2.45, 2.75) is 63.9 Å². The van der Waals surface area contributed by atoms with E-state index in [9.17, 15) is 9.90 Å². The van der Waals surface area contributed by atoms with Crippen LogP contribution in [0.5, 0.6) is 0 Å². The van der Waals surface area contributed by atoms with Crippen molar-refractivity contribution in [3.05, 3.63) is 34.9 Å². The topological polar surface area (TPSA) is 37.3 Å². The Kier molecular flexibility index (Phi) is 3.24. The van der Waals surface area contributed by atoms with E-state index in [-0.39, 0.29) is 17.1 Å². The predicted octanol–water partition coefficient (Wildman–Crippen LogP) is 3.35. The van der Waals surface area contributed by atoms with Gasteiger partial charge in [-0.25, -0.2) is 0 Å². The second-order valence-corrected chi connectivity index (χ2v) is 7.04. The molecule has 2 aliphatic carbocycles. The lowest BCUT2D eigenvalue weighted by Gasteiger charge is -2.46. The summed E-state index contributed by atoms with van der Waals surface area (Å²) in [7, 11) is 0. The average Bonchev–Trinajstić information content (AvgIpc) is 2.43. The molecule has 1 saturated carbocycles. The van der Waals surface area contributed by atoms with Crippen LogP contribution in [-0.4, -0.2) is 17.0 Å². The Hall–Kier alpha value is -1.15. The number of aliphatic hydroxyl groups is 1. The highest BCUT2D eigenvalue weighted by Crippen LogP contribution is 2.48. The molecule has 1 fully saturated rings. The molecule has 2 heteroatoms.